The minimum atomic E-state index is -7.08. The number of carbonyl (C=O) groups is 1. The molecule has 0 bridgehead atoms. The number of halogens is 9. The predicted molar refractivity (Wildman–Crippen MR) is 85.6 cm³/mol. The quantitative estimate of drug-likeness (QED) is 0.653. The molecule has 1 aromatic rings. The third kappa shape index (κ3) is 3.73. The van der Waals surface area contributed by atoms with E-state index < -0.39 is 42.9 Å². The summed E-state index contributed by atoms with van der Waals surface area (Å²) in [6.45, 7) is 2.34. The van der Waals surface area contributed by atoms with Gasteiger partial charge in [-0.3, -0.25) is 4.79 Å². The van der Waals surface area contributed by atoms with E-state index >= 15 is 0 Å². The molecular formula is C17H17F9N2O. The summed E-state index contributed by atoms with van der Waals surface area (Å²) in [5.74, 6) is -23.0. The molecule has 12 heteroatoms. The number of hydrogen-bond acceptors (Lipinski definition) is 2. The van der Waals surface area contributed by atoms with Crippen molar-refractivity contribution < 1.29 is 44.3 Å². The molecule has 1 amide bonds. The first-order valence-electron chi connectivity index (χ1n) is 8.36. The molecule has 0 radical (unpaired) electrons. The lowest BCUT2D eigenvalue weighted by atomic mass is 10.0. The zero-order chi connectivity index (χ0) is 22.4. The Hall–Kier alpha value is -2.14. The summed E-state index contributed by atoms with van der Waals surface area (Å²) in [6, 6.07) is 5.26. The lowest BCUT2D eigenvalue weighted by Gasteiger charge is -2.40. The van der Waals surface area contributed by atoms with Crippen molar-refractivity contribution in [3.63, 3.8) is 0 Å². The molecular weight excluding hydrogens is 419 g/mol. The van der Waals surface area contributed by atoms with Gasteiger partial charge in [0, 0.05) is 31.9 Å². The zero-order valence-corrected chi connectivity index (χ0v) is 15.3. The summed E-state index contributed by atoms with van der Waals surface area (Å²) >= 11 is 0. The molecule has 0 saturated carbocycles. The van der Waals surface area contributed by atoms with Crippen molar-refractivity contribution in [2.45, 2.75) is 37.8 Å². The van der Waals surface area contributed by atoms with Crippen molar-refractivity contribution in [1.82, 2.24) is 4.90 Å². The van der Waals surface area contributed by atoms with Crippen LogP contribution in [0.3, 0.4) is 0 Å². The number of benzene rings is 1. The maximum Gasteiger partial charge on any atom is 0.460 e. The van der Waals surface area contributed by atoms with E-state index in [2.05, 4.69) is 0 Å². The fourth-order valence-corrected chi connectivity index (χ4v) is 2.94. The van der Waals surface area contributed by atoms with Crippen molar-refractivity contribution in [2.24, 2.45) is 0 Å². The molecule has 1 aliphatic rings. The van der Waals surface area contributed by atoms with Crippen LogP contribution in [0, 0.1) is 13.8 Å². The Morgan fingerprint density at radius 2 is 1.34 bits per heavy atom. The van der Waals surface area contributed by atoms with Gasteiger partial charge in [0.15, 0.2) is 0 Å². The van der Waals surface area contributed by atoms with Gasteiger partial charge in [0.1, 0.15) is 0 Å². The summed E-state index contributed by atoms with van der Waals surface area (Å²) in [5.41, 5.74) is 2.48. The second-order valence-electron chi connectivity index (χ2n) is 6.72. The van der Waals surface area contributed by atoms with E-state index in [-0.39, 0.29) is 18.0 Å². The highest BCUT2D eigenvalue weighted by molar-refractivity contribution is 5.85. The molecule has 1 heterocycles. The first-order valence-corrected chi connectivity index (χ1v) is 8.36. The number of rotatable bonds is 4. The van der Waals surface area contributed by atoms with Crippen molar-refractivity contribution >= 4 is 11.6 Å². The van der Waals surface area contributed by atoms with Crippen molar-refractivity contribution in [2.75, 3.05) is 31.1 Å². The topological polar surface area (TPSA) is 23.6 Å². The third-order valence-electron chi connectivity index (χ3n) is 4.90. The molecule has 0 spiro atoms. The molecule has 164 valence electrons. The van der Waals surface area contributed by atoms with Crippen LogP contribution < -0.4 is 4.90 Å². The van der Waals surface area contributed by atoms with Gasteiger partial charge < -0.3 is 9.80 Å². The number of carbonyl (C=O) groups excluding carboxylic acids is 1. The maximum absolute atomic E-state index is 13.8. The van der Waals surface area contributed by atoms with Gasteiger partial charge in [-0.25, -0.2) is 0 Å². The first kappa shape index (κ1) is 23.1. The van der Waals surface area contributed by atoms with Crippen molar-refractivity contribution in [1.29, 1.82) is 0 Å². The van der Waals surface area contributed by atoms with Crippen LogP contribution >= 0.6 is 0 Å². The number of hydrogen-bond donors (Lipinski definition) is 0. The standard InChI is InChI=1S/C17H17F9N2O/c1-10-4-3-5-12(11(10)2)27-6-8-28(9-7-27)13(29)14(18,19)15(20,21)16(22,23)17(24,25)26/h3-5H,6-9H2,1-2H3. The summed E-state index contributed by atoms with van der Waals surface area (Å²) in [4.78, 5) is 13.6. The Balaban J connectivity index is 2.18. The molecule has 0 aliphatic carbocycles. The predicted octanol–water partition coefficient (Wildman–Crippen LogP) is 4.42. The van der Waals surface area contributed by atoms with E-state index in [4.69, 9.17) is 0 Å². The summed E-state index contributed by atoms with van der Waals surface area (Å²) < 4.78 is 117. The Bertz CT molecular complexity index is 769. The van der Waals surface area contributed by atoms with Gasteiger partial charge in [-0.15, -0.1) is 0 Å². The minimum absolute atomic E-state index is 0.0899. The fourth-order valence-electron chi connectivity index (χ4n) is 2.94. The highest BCUT2D eigenvalue weighted by Crippen LogP contribution is 2.53. The van der Waals surface area contributed by atoms with E-state index in [1.807, 2.05) is 13.0 Å². The number of alkyl halides is 9. The largest absolute Gasteiger partial charge is 0.460 e. The highest BCUT2D eigenvalue weighted by atomic mass is 19.4. The summed E-state index contributed by atoms with van der Waals surface area (Å²) in [7, 11) is 0. The average molecular weight is 436 g/mol. The lowest BCUT2D eigenvalue weighted by Crippen LogP contribution is -2.66. The van der Waals surface area contributed by atoms with Gasteiger partial charge >= 0.3 is 23.9 Å². The molecule has 0 unspecified atom stereocenters. The molecule has 3 nitrogen and oxygen atoms in total. The Morgan fingerprint density at radius 1 is 0.828 bits per heavy atom. The van der Waals surface area contributed by atoms with E-state index in [0.29, 0.717) is 5.69 Å². The molecule has 1 aliphatic heterocycles. The van der Waals surface area contributed by atoms with Gasteiger partial charge in [0.05, 0.1) is 0 Å². The van der Waals surface area contributed by atoms with E-state index in [0.717, 1.165) is 11.1 Å². The minimum Gasteiger partial charge on any atom is -0.368 e. The van der Waals surface area contributed by atoms with Crippen LogP contribution in [-0.2, 0) is 4.79 Å². The van der Waals surface area contributed by atoms with E-state index in [1.54, 1.807) is 24.0 Å². The molecule has 1 aromatic carbocycles. The number of amides is 1. The molecule has 1 saturated heterocycles. The number of nitrogens with zero attached hydrogens (tertiary/aromatic N) is 2. The normalized spacial score (nSPS) is 16.9. The number of anilines is 1. The van der Waals surface area contributed by atoms with Gasteiger partial charge in [0.2, 0.25) is 0 Å². The Morgan fingerprint density at radius 3 is 1.83 bits per heavy atom. The van der Waals surface area contributed by atoms with Crippen LogP contribution in [0.15, 0.2) is 18.2 Å². The highest BCUT2D eigenvalue weighted by Gasteiger charge is 2.84. The molecule has 1 fully saturated rings. The second-order valence-corrected chi connectivity index (χ2v) is 6.72. The maximum atomic E-state index is 13.8. The smallest absolute Gasteiger partial charge is 0.368 e. The summed E-state index contributed by atoms with van der Waals surface area (Å²) in [5, 5.41) is 0. The monoisotopic (exact) mass is 436 g/mol. The molecule has 0 N–H and O–H groups in total. The summed E-state index contributed by atoms with van der Waals surface area (Å²) in [6.07, 6.45) is -6.96. The average Bonchev–Trinajstić information content (AvgIpc) is 2.62. The van der Waals surface area contributed by atoms with Crippen LogP contribution in [-0.4, -0.2) is 60.9 Å². The lowest BCUT2D eigenvalue weighted by molar-refractivity contribution is -0.389. The van der Waals surface area contributed by atoms with Crippen LogP contribution in [0.25, 0.3) is 0 Å². The van der Waals surface area contributed by atoms with Crippen molar-refractivity contribution in [3.8, 4) is 0 Å². The zero-order valence-electron chi connectivity index (χ0n) is 15.3. The second kappa shape index (κ2) is 7.28. The molecule has 2 rings (SSSR count). The Kier molecular flexibility index (Phi) is 5.81. The third-order valence-corrected chi connectivity index (χ3v) is 4.90. The van der Waals surface area contributed by atoms with Gasteiger partial charge in [-0.05, 0) is 31.0 Å². The van der Waals surface area contributed by atoms with Crippen molar-refractivity contribution in [3.05, 3.63) is 29.3 Å². The van der Waals surface area contributed by atoms with Gasteiger partial charge in [0.25, 0.3) is 5.91 Å². The van der Waals surface area contributed by atoms with Crippen LogP contribution in [0.2, 0.25) is 0 Å². The molecule has 29 heavy (non-hydrogen) atoms. The van der Waals surface area contributed by atoms with E-state index in [1.165, 1.54) is 0 Å². The van der Waals surface area contributed by atoms with Gasteiger partial charge in [-0.2, -0.15) is 39.5 Å². The number of piperazine rings is 1. The van der Waals surface area contributed by atoms with Crippen LogP contribution in [0.4, 0.5) is 45.2 Å². The SMILES string of the molecule is Cc1cccc(N2CCN(C(=O)C(F)(F)C(F)(F)C(F)(F)C(F)(F)F)CC2)c1C. The molecule has 0 atom stereocenters. The van der Waals surface area contributed by atoms with Crippen LogP contribution in [0.5, 0.6) is 0 Å². The first-order chi connectivity index (χ1) is 13.1. The number of aryl methyl sites for hydroxylation is 1. The Labute approximate surface area is 160 Å². The van der Waals surface area contributed by atoms with E-state index in [9.17, 15) is 44.3 Å². The van der Waals surface area contributed by atoms with Gasteiger partial charge in [-0.1, -0.05) is 12.1 Å². The van der Waals surface area contributed by atoms with Crippen LogP contribution in [0.1, 0.15) is 11.1 Å². The molecule has 0 aromatic heterocycles. The fraction of sp³-hybridized carbons (Fsp3) is 0.588.